The summed E-state index contributed by atoms with van der Waals surface area (Å²) in [6.07, 6.45) is 0.776. The number of aldehydes is 1. The highest BCUT2D eigenvalue weighted by molar-refractivity contribution is 7.13. The molecule has 0 atom stereocenters. The minimum atomic E-state index is 0.475. The van der Waals surface area contributed by atoms with Crippen molar-refractivity contribution in [3.05, 3.63) is 35.2 Å². The predicted molar refractivity (Wildman–Crippen MR) is 68.2 cm³/mol. The first-order valence-corrected chi connectivity index (χ1v) is 5.93. The number of carbonyl (C=O) groups is 1. The lowest BCUT2D eigenvalue weighted by molar-refractivity contribution is 0.112. The number of ether oxygens (including phenoxy) is 2. The molecule has 0 aliphatic heterocycles. The van der Waals surface area contributed by atoms with Crippen LogP contribution in [0, 0.1) is 0 Å². The van der Waals surface area contributed by atoms with Crippen LogP contribution in [-0.2, 0) is 0 Å². The summed E-state index contributed by atoms with van der Waals surface area (Å²) in [7, 11) is 3.08. The van der Waals surface area contributed by atoms with Gasteiger partial charge in [0.1, 0.15) is 0 Å². The molecule has 0 aliphatic rings. The Morgan fingerprint density at radius 3 is 2.59 bits per heavy atom. The van der Waals surface area contributed by atoms with Crippen molar-refractivity contribution in [1.29, 1.82) is 0 Å². The Hall–Kier alpha value is -1.81. The minimum absolute atomic E-state index is 0.475. The van der Waals surface area contributed by atoms with Crippen molar-refractivity contribution in [1.82, 2.24) is 0 Å². The van der Waals surface area contributed by atoms with Crippen LogP contribution in [-0.4, -0.2) is 20.5 Å². The number of hydrogen-bond donors (Lipinski definition) is 0. The van der Waals surface area contributed by atoms with Gasteiger partial charge in [0.15, 0.2) is 17.8 Å². The Morgan fingerprint density at radius 1 is 1.24 bits per heavy atom. The molecule has 0 unspecified atom stereocenters. The van der Waals surface area contributed by atoms with E-state index in [1.165, 1.54) is 7.11 Å². The third-order valence-corrected chi connectivity index (χ3v) is 3.36. The molecule has 0 amide bonds. The number of hydrogen-bond acceptors (Lipinski definition) is 4. The van der Waals surface area contributed by atoms with Crippen LogP contribution in [0.5, 0.6) is 11.5 Å². The van der Waals surface area contributed by atoms with Crippen LogP contribution in [0.2, 0.25) is 0 Å². The summed E-state index contributed by atoms with van der Waals surface area (Å²) in [6, 6.07) is 7.65. The number of thiophene rings is 1. The predicted octanol–water partition coefficient (Wildman–Crippen LogP) is 3.24. The monoisotopic (exact) mass is 248 g/mol. The van der Waals surface area contributed by atoms with Crippen LogP contribution in [0.1, 0.15) is 10.4 Å². The van der Waals surface area contributed by atoms with Crippen LogP contribution in [0.15, 0.2) is 29.6 Å². The van der Waals surface area contributed by atoms with Crippen molar-refractivity contribution >= 4 is 17.6 Å². The fourth-order valence-electron chi connectivity index (χ4n) is 1.67. The van der Waals surface area contributed by atoms with Crippen molar-refractivity contribution < 1.29 is 14.3 Å². The van der Waals surface area contributed by atoms with E-state index >= 15 is 0 Å². The average Bonchev–Trinajstić information content (AvgIpc) is 2.90. The fourth-order valence-corrected chi connectivity index (χ4v) is 2.38. The first kappa shape index (κ1) is 11.7. The molecule has 0 aliphatic carbocycles. The molecule has 0 bridgehead atoms. The third-order valence-electron chi connectivity index (χ3n) is 2.44. The van der Waals surface area contributed by atoms with Gasteiger partial charge in [-0.1, -0.05) is 6.07 Å². The third kappa shape index (κ3) is 2.17. The number of carbonyl (C=O) groups excluding carboxylic acids is 1. The molecule has 0 saturated heterocycles. The van der Waals surface area contributed by atoms with Gasteiger partial charge in [-0.2, -0.15) is 0 Å². The van der Waals surface area contributed by atoms with E-state index in [9.17, 15) is 4.79 Å². The minimum Gasteiger partial charge on any atom is -0.493 e. The molecular formula is C13H12O3S. The molecule has 0 N–H and O–H groups in total. The van der Waals surface area contributed by atoms with E-state index < -0.39 is 0 Å². The van der Waals surface area contributed by atoms with E-state index in [-0.39, 0.29) is 0 Å². The van der Waals surface area contributed by atoms with E-state index in [2.05, 4.69) is 0 Å². The van der Waals surface area contributed by atoms with Crippen molar-refractivity contribution in [3.63, 3.8) is 0 Å². The zero-order chi connectivity index (χ0) is 12.3. The van der Waals surface area contributed by atoms with Crippen molar-refractivity contribution in [2.75, 3.05) is 14.2 Å². The van der Waals surface area contributed by atoms with Crippen molar-refractivity contribution in [2.45, 2.75) is 0 Å². The maximum Gasteiger partial charge on any atom is 0.171 e. The lowest BCUT2D eigenvalue weighted by Gasteiger charge is -2.11. The first-order valence-electron chi connectivity index (χ1n) is 5.05. The molecule has 2 rings (SSSR count). The van der Waals surface area contributed by atoms with Gasteiger partial charge in [-0.25, -0.2) is 0 Å². The SMILES string of the molecule is COc1cc(-c2cccs2)cc(C=O)c1OC. The first-order chi connectivity index (χ1) is 8.30. The number of rotatable bonds is 4. The van der Waals surface area contributed by atoms with Crippen LogP contribution >= 0.6 is 11.3 Å². The van der Waals surface area contributed by atoms with Crippen LogP contribution in [0.3, 0.4) is 0 Å². The zero-order valence-electron chi connectivity index (χ0n) is 9.60. The molecule has 17 heavy (non-hydrogen) atoms. The average molecular weight is 248 g/mol. The van der Waals surface area contributed by atoms with E-state index in [0.717, 1.165) is 16.7 Å². The highest BCUT2D eigenvalue weighted by Crippen LogP contribution is 2.36. The van der Waals surface area contributed by atoms with Gasteiger partial charge in [0.05, 0.1) is 19.8 Å². The standard InChI is InChI=1S/C13H12O3S/c1-15-11-7-9(12-4-3-5-17-12)6-10(8-14)13(11)16-2/h3-8H,1-2H3. The van der Waals surface area contributed by atoms with Crippen molar-refractivity contribution in [3.8, 4) is 21.9 Å². The molecule has 4 heteroatoms. The van der Waals surface area contributed by atoms with Crippen LogP contribution < -0.4 is 9.47 Å². The second-order valence-electron chi connectivity index (χ2n) is 3.40. The Morgan fingerprint density at radius 2 is 2.06 bits per heavy atom. The normalized spacial score (nSPS) is 10.0. The summed E-state index contributed by atoms with van der Waals surface area (Å²) in [6.45, 7) is 0. The van der Waals surface area contributed by atoms with Crippen molar-refractivity contribution in [2.24, 2.45) is 0 Å². The smallest absolute Gasteiger partial charge is 0.171 e. The van der Waals surface area contributed by atoms with E-state index in [4.69, 9.17) is 9.47 Å². The van der Waals surface area contributed by atoms with E-state index in [0.29, 0.717) is 17.1 Å². The maximum absolute atomic E-state index is 11.0. The van der Waals surface area contributed by atoms with Gasteiger partial charge in [-0.05, 0) is 29.1 Å². The highest BCUT2D eigenvalue weighted by Gasteiger charge is 2.13. The Kier molecular flexibility index (Phi) is 3.44. The van der Waals surface area contributed by atoms with Gasteiger partial charge in [0, 0.05) is 4.88 Å². The van der Waals surface area contributed by atoms with Gasteiger partial charge in [-0.15, -0.1) is 11.3 Å². The lowest BCUT2D eigenvalue weighted by atomic mass is 10.1. The summed E-state index contributed by atoms with van der Waals surface area (Å²) in [4.78, 5) is 12.1. The zero-order valence-corrected chi connectivity index (χ0v) is 10.4. The van der Waals surface area contributed by atoms with E-state index in [1.54, 1.807) is 24.5 Å². The molecule has 0 fully saturated rings. The molecule has 1 heterocycles. The summed E-state index contributed by atoms with van der Waals surface area (Å²) < 4.78 is 10.4. The van der Waals surface area contributed by atoms with Crippen LogP contribution in [0.4, 0.5) is 0 Å². The summed E-state index contributed by atoms with van der Waals surface area (Å²) in [5, 5.41) is 1.99. The maximum atomic E-state index is 11.0. The molecule has 0 radical (unpaired) electrons. The molecule has 0 saturated carbocycles. The number of benzene rings is 1. The molecule has 3 nitrogen and oxygen atoms in total. The second kappa shape index (κ2) is 5.01. The van der Waals surface area contributed by atoms with Gasteiger partial charge < -0.3 is 9.47 Å². The molecule has 2 aromatic rings. The van der Waals surface area contributed by atoms with Crippen LogP contribution in [0.25, 0.3) is 10.4 Å². The quantitative estimate of drug-likeness (QED) is 0.779. The fraction of sp³-hybridized carbons (Fsp3) is 0.154. The Bertz CT molecular complexity index is 518. The lowest BCUT2D eigenvalue weighted by Crippen LogP contribution is -1.96. The Balaban J connectivity index is 2.60. The molecule has 0 spiro atoms. The summed E-state index contributed by atoms with van der Waals surface area (Å²) >= 11 is 1.62. The van der Waals surface area contributed by atoms with Gasteiger partial charge in [0.25, 0.3) is 0 Å². The van der Waals surface area contributed by atoms with Gasteiger partial charge >= 0.3 is 0 Å². The Labute approximate surface area is 104 Å². The van der Waals surface area contributed by atoms with E-state index in [1.807, 2.05) is 23.6 Å². The topological polar surface area (TPSA) is 35.5 Å². The summed E-state index contributed by atoms with van der Waals surface area (Å²) in [5.74, 6) is 1.04. The molecular weight excluding hydrogens is 236 g/mol. The second-order valence-corrected chi connectivity index (χ2v) is 4.34. The molecule has 1 aromatic heterocycles. The summed E-state index contributed by atoms with van der Waals surface area (Å²) in [5.41, 5.74) is 1.45. The largest absolute Gasteiger partial charge is 0.493 e. The molecule has 1 aromatic carbocycles. The number of methoxy groups -OCH3 is 2. The van der Waals surface area contributed by atoms with Gasteiger partial charge in [-0.3, -0.25) is 4.79 Å². The molecule has 88 valence electrons. The highest BCUT2D eigenvalue weighted by atomic mass is 32.1. The van der Waals surface area contributed by atoms with Gasteiger partial charge in [0.2, 0.25) is 0 Å².